The molecule has 0 bridgehead atoms. The number of carbonyl (C=O) groups is 1. The smallest absolute Gasteiger partial charge is 0.272 e. The van der Waals surface area contributed by atoms with Crippen LogP contribution in [0.25, 0.3) is 0 Å². The topological polar surface area (TPSA) is 61.7 Å². The fourth-order valence-corrected chi connectivity index (χ4v) is 3.53. The maximum Gasteiger partial charge on any atom is 0.272 e. The number of carbonyl (C=O) groups excluding carboxylic acids is 1. The SMILES string of the molecule is CCCc1cc(C(=O)N/N=C(\c2ccccc2)c2ccc(O)cc2)cs1. The van der Waals surface area contributed by atoms with Gasteiger partial charge >= 0.3 is 0 Å². The fraction of sp³-hybridized carbons (Fsp3) is 0.143. The van der Waals surface area contributed by atoms with E-state index in [1.807, 2.05) is 41.8 Å². The molecule has 0 aliphatic heterocycles. The largest absolute Gasteiger partial charge is 0.508 e. The molecule has 0 spiro atoms. The molecule has 0 aliphatic rings. The summed E-state index contributed by atoms with van der Waals surface area (Å²) in [6, 6.07) is 18.3. The quantitative estimate of drug-likeness (QED) is 0.496. The average Bonchev–Trinajstić information content (AvgIpc) is 3.13. The summed E-state index contributed by atoms with van der Waals surface area (Å²) in [5.41, 5.74) is 5.62. The minimum absolute atomic E-state index is 0.187. The number of nitrogens with one attached hydrogen (secondary N) is 1. The summed E-state index contributed by atoms with van der Waals surface area (Å²) >= 11 is 1.59. The lowest BCUT2D eigenvalue weighted by atomic mass is 10.0. The van der Waals surface area contributed by atoms with Gasteiger partial charge in [0.1, 0.15) is 5.75 Å². The molecule has 1 heterocycles. The van der Waals surface area contributed by atoms with Gasteiger partial charge in [-0.1, -0.05) is 43.7 Å². The van der Waals surface area contributed by atoms with Gasteiger partial charge < -0.3 is 5.11 Å². The van der Waals surface area contributed by atoms with E-state index in [0.29, 0.717) is 11.3 Å². The number of benzene rings is 2. The molecule has 2 aromatic carbocycles. The van der Waals surface area contributed by atoms with Crippen LogP contribution in [0.15, 0.2) is 71.1 Å². The second kappa shape index (κ2) is 8.45. The molecule has 0 unspecified atom stereocenters. The normalized spacial score (nSPS) is 11.3. The van der Waals surface area contributed by atoms with Crippen molar-refractivity contribution in [3.05, 3.63) is 87.6 Å². The molecule has 0 atom stereocenters. The van der Waals surface area contributed by atoms with Crippen LogP contribution in [0.5, 0.6) is 5.75 Å². The van der Waals surface area contributed by atoms with Gasteiger partial charge in [0, 0.05) is 21.4 Å². The summed E-state index contributed by atoms with van der Waals surface area (Å²) in [4.78, 5) is 13.6. The van der Waals surface area contributed by atoms with Gasteiger partial charge in [-0.2, -0.15) is 5.10 Å². The molecule has 0 saturated heterocycles. The first kappa shape index (κ1) is 17.9. The molecule has 5 heteroatoms. The molecule has 0 fully saturated rings. The van der Waals surface area contributed by atoms with Gasteiger partial charge in [-0.25, -0.2) is 5.43 Å². The third-order valence-electron chi connectivity index (χ3n) is 3.87. The molecule has 3 aromatic rings. The molecule has 2 N–H and O–H groups in total. The molecule has 0 radical (unpaired) electrons. The Kier molecular flexibility index (Phi) is 5.81. The Hall–Kier alpha value is -2.92. The number of phenolic OH excluding ortho intramolecular Hbond substituents is 1. The first-order valence-electron chi connectivity index (χ1n) is 8.47. The molecule has 4 nitrogen and oxygen atoms in total. The predicted molar refractivity (Wildman–Crippen MR) is 106 cm³/mol. The van der Waals surface area contributed by atoms with Crippen molar-refractivity contribution in [3.63, 3.8) is 0 Å². The zero-order valence-corrected chi connectivity index (χ0v) is 15.3. The predicted octanol–water partition coefficient (Wildman–Crippen LogP) is 4.59. The number of hydrogen-bond acceptors (Lipinski definition) is 4. The van der Waals surface area contributed by atoms with Gasteiger partial charge in [0.15, 0.2) is 0 Å². The number of hydrazone groups is 1. The van der Waals surface area contributed by atoms with E-state index < -0.39 is 0 Å². The maximum absolute atomic E-state index is 12.4. The summed E-state index contributed by atoms with van der Waals surface area (Å²) in [5, 5.41) is 15.7. The Morgan fingerprint density at radius 1 is 1.04 bits per heavy atom. The molecule has 0 aliphatic carbocycles. The van der Waals surface area contributed by atoms with Crippen LogP contribution < -0.4 is 5.43 Å². The van der Waals surface area contributed by atoms with Crippen molar-refractivity contribution in [2.24, 2.45) is 5.10 Å². The number of aryl methyl sites for hydroxylation is 1. The van der Waals surface area contributed by atoms with Crippen molar-refractivity contribution in [2.75, 3.05) is 0 Å². The lowest BCUT2D eigenvalue weighted by molar-refractivity contribution is 0.0955. The van der Waals surface area contributed by atoms with Crippen molar-refractivity contribution >= 4 is 23.0 Å². The van der Waals surface area contributed by atoms with Crippen LogP contribution in [0.2, 0.25) is 0 Å². The zero-order valence-electron chi connectivity index (χ0n) is 14.5. The molecular formula is C21H20N2O2S. The standard InChI is InChI=1S/C21H20N2O2S/c1-2-6-19-13-17(14-26-19)21(25)23-22-20(15-7-4-3-5-8-15)16-9-11-18(24)12-10-16/h3-5,7-14,24H,2,6H2,1H3,(H,23,25)/b22-20+. The van der Waals surface area contributed by atoms with Crippen LogP contribution in [-0.2, 0) is 6.42 Å². The van der Waals surface area contributed by atoms with E-state index in [4.69, 9.17) is 0 Å². The van der Waals surface area contributed by atoms with E-state index in [1.54, 1.807) is 35.6 Å². The highest BCUT2D eigenvalue weighted by Gasteiger charge is 2.11. The third kappa shape index (κ3) is 4.37. The number of phenols is 1. The lowest BCUT2D eigenvalue weighted by Gasteiger charge is -2.08. The van der Waals surface area contributed by atoms with Crippen molar-refractivity contribution in [1.82, 2.24) is 5.43 Å². The number of hydrogen-bond donors (Lipinski definition) is 2. The highest BCUT2D eigenvalue weighted by atomic mass is 32.1. The Morgan fingerprint density at radius 3 is 2.42 bits per heavy atom. The second-order valence-corrected chi connectivity index (χ2v) is 6.86. The Morgan fingerprint density at radius 2 is 1.73 bits per heavy atom. The number of nitrogens with zero attached hydrogens (tertiary/aromatic N) is 1. The summed E-state index contributed by atoms with van der Waals surface area (Å²) < 4.78 is 0. The van der Waals surface area contributed by atoms with Gasteiger partial charge in [0.2, 0.25) is 0 Å². The highest BCUT2D eigenvalue weighted by molar-refractivity contribution is 7.10. The lowest BCUT2D eigenvalue weighted by Crippen LogP contribution is -2.20. The van der Waals surface area contributed by atoms with Crippen molar-refractivity contribution in [2.45, 2.75) is 19.8 Å². The number of rotatable bonds is 6. The summed E-state index contributed by atoms with van der Waals surface area (Å²) in [6.45, 7) is 2.12. The second-order valence-electron chi connectivity index (χ2n) is 5.87. The van der Waals surface area contributed by atoms with Crippen molar-refractivity contribution < 1.29 is 9.90 Å². The maximum atomic E-state index is 12.4. The van der Waals surface area contributed by atoms with Crippen LogP contribution in [0, 0.1) is 0 Å². The fourth-order valence-electron chi connectivity index (χ4n) is 2.56. The summed E-state index contributed by atoms with van der Waals surface area (Å²) in [6.07, 6.45) is 2.03. The minimum Gasteiger partial charge on any atom is -0.508 e. The van der Waals surface area contributed by atoms with Crippen LogP contribution in [0.3, 0.4) is 0 Å². The van der Waals surface area contributed by atoms with Gasteiger partial charge in [-0.05, 0) is 36.8 Å². The van der Waals surface area contributed by atoms with Crippen LogP contribution in [0.1, 0.15) is 39.7 Å². The Labute approximate surface area is 156 Å². The van der Waals surface area contributed by atoms with Crippen LogP contribution >= 0.6 is 11.3 Å². The molecule has 132 valence electrons. The molecular weight excluding hydrogens is 344 g/mol. The van der Waals surface area contributed by atoms with E-state index in [-0.39, 0.29) is 11.7 Å². The van der Waals surface area contributed by atoms with Gasteiger partial charge in [0.05, 0.1) is 11.3 Å². The van der Waals surface area contributed by atoms with Gasteiger partial charge in [-0.15, -0.1) is 11.3 Å². The Balaban J connectivity index is 1.86. The summed E-state index contributed by atoms with van der Waals surface area (Å²) in [5.74, 6) is -0.0391. The van der Waals surface area contributed by atoms with E-state index in [2.05, 4.69) is 17.5 Å². The highest BCUT2D eigenvalue weighted by Crippen LogP contribution is 2.17. The van der Waals surface area contributed by atoms with Gasteiger partial charge in [0.25, 0.3) is 5.91 Å². The van der Waals surface area contributed by atoms with Crippen LogP contribution in [-0.4, -0.2) is 16.7 Å². The molecule has 3 rings (SSSR count). The molecule has 26 heavy (non-hydrogen) atoms. The number of amides is 1. The number of aromatic hydroxyl groups is 1. The average molecular weight is 364 g/mol. The Bertz CT molecular complexity index is 899. The van der Waals surface area contributed by atoms with E-state index >= 15 is 0 Å². The first-order valence-corrected chi connectivity index (χ1v) is 9.35. The first-order chi connectivity index (χ1) is 12.7. The van der Waals surface area contributed by atoms with E-state index in [9.17, 15) is 9.90 Å². The van der Waals surface area contributed by atoms with Crippen molar-refractivity contribution in [3.8, 4) is 5.75 Å². The summed E-state index contributed by atoms with van der Waals surface area (Å²) in [7, 11) is 0. The molecule has 0 saturated carbocycles. The molecule has 1 aromatic heterocycles. The number of thiophene rings is 1. The third-order valence-corrected chi connectivity index (χ3v) is 4.87. The monoisotopic (exact) mass is 364 g/mol. The minimum atomic E-state index is -0.226. The van der Waals surface area contributed by atoms with Gasteiger partial charge in [-0.3, -0.25) is 4.79 Å². The van der Waals surface area contributed by atoms with Crippen LogP contribution in [0.4, 0.5) is 0 Å². The van der Waals surface area contributed by atoms with E-state index in [1.165, 1.54) is 4.88 Å². The molecule has 1 amide bonds. The van der Waals surface area contributed by atoms with Crippen molar-refractivity contribution in [1.29, 1.82) is 0 Å². The van der Waals surface area contributed by atoms with E-state index in [0.717, 1.165) is 24.0 Å². The zero-order chi connectivity index (χ0) is 18.4.